The maximum Gasteiger partial charge on any atom is 0.152 e. The highest BCUT2D eigenvalue weighted by atomic mass is 16.5. The molecule has 30 heavy (non-hydrogen) atoms. The molecule has 0 spiro atoms. The monoisotopic (exact) mass is 413 g/mol. The Kier molecular flexibility index (Phi) is 8.42. The second kappa shape index (κ2) is 11.2. The normalized spacial score (nSPS) is 12.8. The minimum absolute atomic E-state index is 0.450. The number of para-hydroxylation sites is 1. The van der Waals surface area contributed by atoms with Gasteiger partial charge in [0, 0.05) is 24.9 Å². The lowest BCUT2D eigenvalue weighted by atomic mass is 10.2. The number of aliphatic hydroxyl groups is 1. The van der Waals surface area contributed by atoms with Crippen LogP contribution in [0.3, 0.4) is 0 Å². The fourth-order valence-electron chi connectivity index (χ4n) is 3.73. The summed E-state index contributed by atoms with van der Waals surface area (Å²) < 4.78 is 8.09. The molecule has 2 aromatic heterocycles. The van der Waals surface area contributed by atoms with Crippen molar-refractivity contribution in [2.24, 2.45) is 0 Å². The standard InChI is InChI=1S/C23H35N5O2/c1-3-5-11-19-27-21-22(17-9-7-8-10-18(17)26-23(21)24)28(19)14-16-30-15-13-25-20(29)12-6-4-2/h7-10,20,25,29H,3-6,11-16H2,1-2H3,(H2,24,26). The molecule has 1 unspecified atom stereocenters. The number of nitrogens with two attached hydrogens (primary N) is 1. The average molecular weight is 414 g/mol. The summed E-state index contributed by atoms with van der Waals surface area (Å²) in [5, 5.41) is 14.0. The zero-order valence-electron chi connectivity index (χ0n) is 18.2. The van der Waals surface area contributed by atoms with Crippen LogP contribution in [0.5, 0.6) is 0 Å². The van der Waals surface area contributed by atoms with Crippen LogP contribution in [-0.2, 0) is 17.7 Å². The largest absolute Gasteiger partial charge is 0.382 e. The van der Waals surface area contributed by atoms with E-state index in [0.717, 1.165) is 66.3 Å². The van der Waals surface area contributed by atoms with Crippen molar-refractivity contribution in [3.05, 3.63) is 30.1 Å². The number of aliphatic hydroxyl groups excluding tert-OH is 1. The molecule has 7 nitrogen and oxygen atoms in total. The van der Waals surface area contributed by atoms with Crippen molar-refractivity contribution in [2.75, 3.05) is 25.5 Å². The Morgan fingerprint density at radius 2 is 1.93 bits per heavy atom. The van der Waals surface area contributed by atoms with E-state index in [1.807, 2.05) is 18.2 Å². The maximum absolute atomic E-state index is 9.85. The summed E-state index contributed by atoms with van der Waals surface area (Å²) in [5.41, 5.74) is 8.95. The van der Waals surface area contributed by atoms with Crippen molar-refractivity contribution in [1.29, 1.82) is 0 Å². The van der Waals surface area contributed by atoms with Gasteiger partial charge in [-0.05, 0) is 25.3 Å². The van der Waals surface area contributed by atoms with E-state index in [-0.39, 0.29) is 0 Å². The van der Waals surface area contributed by atoms with Crippen molar-refractivity contribution in [3.63, 3.8) is 0 Å². The number of imidazole rings is 1. The molecule has 1 atom stereocenters. The molecule has 0 aliphatic carbocycles. The Labute approximate surface area is 178 Å². The lowest BCUT2D eigenvalue weighted by Crippen LogP contribution is -2.31. The fraction of sp³-hybridized carbons (Fsp3) is 0.565. The number of aryl methyl sites for hydroxylation is 1. The van der Waals surface area contributed by atoms with E-state index in [2.05, 4.69) is 34.8 Å². The van der Waals surface area contributed by atoms with Crippen LogP contribution >= 0.6 is 0 Å². The molecule has 0 saturated carbocycles. The summed E-state index contributed by atoms with van der Waals surface area (Å²) in [6, 6.07) is 8.06. The Morgan fingerprint density at radius 1 is 1.13 bits per heavy atom. The number of anilines is 1. The molecule has 0 aliphatic rings. The van der Waals surface area contributed by atoms with Gasteiger partial charge in [-0.25, -0.2) is 9.97 Å². The van der Waals surface area contributed by atoms with Crippen LogP contribution < -0.4 is 11.1 Å². The molecule has 0 bridgehead atoms. The Bertz CT molecular complexity index is 940. The van der Waals surface area contributed by atoms with Gasteiger partial charge in [0.05, 0.1) is 24.2 Å². The third-order valence-electron chi connectivity index (χ3n) is 5.36. The van der Waals surface area contributed by atoms with Crippen LogP contribution in [0.2, 0.25) is 0 Å². The highest BCUT2D eigenvalue weighted by Gasteiger charge is 2.16. The second-order valence-corrected chi connectivity index (χ2v) is 7.72. The number of nitrogens with zero attached hydrogens (tertiary/aromatic N) is 3. The van der Waals surface area contributed by atoms with Crippen molar-refractivity contribution in [2.45, 2.75) is 65.1 Å². The van der Waals surface area contributed by atoms with Gasteiger partial charge in [0.1, 0.15) is 17.6 Å². The van der Waals surface area contributed by atoms with Gasteiger partial charge < -0.3 is 20.1 Å². The smallest absolute Gasteiger partial charge is 0.152 e. The summed E-state index contributed by atoms with van der Waals surface area (Å²) in [4.78, 5) is 9.38. The molecule has 1 aromatic carbocycles. The van der Waals surface area contributed by atoms with Crippen LogP contribution in [0.15, 0.2) is 24.3 Å². The number of fused-ring (bicyclic) bond motifs is 3. The predicted molar refractivity (Wildman–Crippen MR) is 122 cm³/mol. The van der Waals surface area contributed by atoms with Gasteiger partial charge in [-0.2, -0.15) is 0 Å². The Hall–Kier alpha value is -2.22. The first-order valence-electron chi connectivity index (χ1n) is 11.2. The summed E-state index contributed by atoms with van der Waals surface area (Å²) in [6.07, 6.45) is 5.53. The number of nitrogens with one attached hydrogen (secondary N) is 1. The minimum Gasteiger partial charge on any atom is -0.382 e. The molecule has 4 N–H and O–H groups in total. The van der Waals surface area contributed by atoms with Crippen molar-refractivity contribution >= 4 is 27.8 Å². The predicted octanol–water partition coefficient (Wildman–Crippen LogP) is 3.62. The van der Waals surface area contributed by atoms with Gasteiger partial charge in [-0.3, -0.25) is 5.32 Å². The van der Waals surface area contributed by atoms with E-state index in [0.29, 0.717) is 32.1 Å². The molecule has 3 aromatic rings. The number of pyridine rings is 1. The highest BCUT2D eigenvalue weighted by Crippen LogP contribution is 2.29. The molecular weight excluding hydrogens is 378 g/mol. The number of unbranched alkanes of at least 4 members (excludes halogenated alkanes) is 2. The average Bonchev–Trinajstić information content (AvgIpc) is 3.12. The van der Waals surface area contributed by atoms with Crippen LogP contribution in [0.4, 0.5) is 5.82 Å². The molecule has 0 fully saturated rings. The Morgan fingerprint density at radius 3 is 2.73 bits per heavy atom. The Balaban J connectivity index is 1.70. The van der Waals surface area contributed by atoms with Gasteiger partial charge >= 0.3 is 0 Å². The lowest BCUT2D eigenvalue weighted by molar-refractivity contribution is 0.0899. The molecule has 0 amide bonds. The van der Waals surface area contributed by atoms with Gasteiger partial charge in [0.25, 0.3) is 0 Å². The molecule has 3 rings (SSSR count). The molecule has 2 heterocycles. The van der Waals surface area contributed by atoms with Crippen molar-refractivity contribution in [3.8, 4) is 0 Å². The highest BCUT2D eigenvalue weighted by molar-refractivity contribution is 6.06. The van der Waals surface area contributed by atoms with Gasteiger partial charge in [0.2, 0.25) is 0 Å². The first kappa shape index (κ1) is 22.5. The van der Waals surface area contributed by atoms with Crippen LogP contribution in [0.25, 0.3) is 21.9 Å². The zero-order chi connectivity index (χ0) is 21.3. The first-order valence-corrected chi connectivity index (χ1v) is 11.2. The number of rotatable bonds is 13. The molecule has 0 saturated heterocycles. The van der Waals surface area contributed by atoms with Gasteiger partial charge in [0.15, 0.2) is 5.82 Å². The van der Waals surface area contributed by atoms with E-state index in [1.54, 1.807) is 0 Å². The fourth-order valence-corrected chi connectivity index (χ4v) is 3.73. The first-order chi connectivity index (χ1) is 14.7. The van der Waals surface area contributed by atoms with Crippen LogP contribution in [0.1, 0.15) is 51.8 Å². The molecule has 164 valence electrons. The number of benzene rings is 1. The van der Waals surface area contributed by atoms with Crippen LogP contribution in [0, 0.1) is 0 Å². The third kappa shape index (κ3) is 5.47. The summed E-state index contributed by atoms with van der Waals surface area (Å²) in [5.74, 6) is 1.51. The number of ether oxygens (including phenoxy) is 1. The molecule has 0 radical (unpaired) electrons. The maximum atomic E-state index is 9.85. The van der Waals surface area contributed by atoms with E-state index < -0.39 is 6.23 Å². The van der Waals surface area contributed by atoms with Crippen molar-refractivity contribution in [1.82, 2.24) is 19.9 Å². The van der Waals surface area contributed by atoms with E-state index >= 15 is 0 Å². The minimum atomic E-state index is -0.450. The second-order valence-electron chi connectivity index (χ2n) is 7.72. The molecule has 7 heteroatoms. The summed E-state index contributed by atoms with van der Waals surface area (Å²) >= 11 is 0. The third-order valence-corrected chi connectivity index (χ3v) is 5.36. The van der Waals surface area contributed by atoms with Crippen molar-refractivity contribution < 1.29 is 9.84 Å². The number of hydrogen-bond donors (Lipinski definition) is 3. The quantitative estimate of drug-likeness (QED) is 0.292. The summed E-state index contributed by atoms with van der Waals surface area (Å²) in [7, 11) is 0. The number of hydrogen-bond acceptors (Lipinski definition) is 6. The lowest BCUT2D eigenvalue weighted by Gasteiger charge is -2.13. The van der Waals surface area contributed by atoms with E-state index in [4.69, 9.17) is 15.5 Å². The molecule has 0 aliphatic heterocycles. The SMILES string of the molecule is CCCCc1nc2c(N)nc3ccccc3c2n1CCOCCNC(O)CCCC. The van der Waals surface area contributed by atoms with E-state index in [9.17, 15) is 5.11 Å². The topological polar surface area (TPSA) is 98.2 Å². The van der Waals surface area contributed by atoms with Gasteiger partial charge in [-0.15, -0.1) is 0 Å². The summed E-state index contributed by atoms with van der Waals surface area (Å²) in [6.45, 7) is 6.79. The number of nitrogen functional groups attached to an aromatic ring is 1. The molecular formula is C23H35N5O2. The number of aromatic nitrogens is 3. The van der Waals surface area contributed by atoms with Gasteiger partial charge in [-0.1, -0.05) is 44.9 Å². The van der Waals surface area contributed by atoms with E-state index in [1.165, 1.54) is 0 Å². The van der Waals surface area contributed by atoms with Crippen LogP contribution in [-0.4, -0.2) is 45.6 Å². The zero-order valence-corrected chi connectivity index (χ0v) is 18.2.